The molecule has 1 aromatic carbocycles. The molecule has 2 aromatic rings. The molecule has 0 fully saturated rings. The van der Waals surface area contributed by atoms with E-state index in [0.29, 0.717) is 6.73 Å². The van der Waals surface area contributed by atoms with Gasteiger partial charge in [-0.15, -0.1) is 0 Å². The van der Waals surface area contributed by atoms with Gasteiger partial charge >= 0.3 is 0 Å². The van der Waals surface area contributed by atoms with Crippen LogP contribution in [0.15, 0.2) is 18.2 Å². The van der Waals surface area contributed by atoms with Crippen molar-refractivity contribution in [1.82, 2.24) is 4.57 Å². The average Bonchev–Trinajstić information content (AvgIpc) is 3.03. The highest BCUT2D eigenvalue weighted by atomic mass is 28.3. The number of benzene rings is 1. The quantitative estimate of drug-likeness (QED) is 0.625. The van der Waals surface area contributed by atoms with E-state index in [2.05, 4.69) is 36.3 Å². The smallest absolute Gasteiger partial charge is 0.123 e. The molecule has 0 saturated carbocycles. The third-order valence-corrected chi connectivity index (χ3v) is 6.55. The van der Waals surface area contributed by atoms with Gasteiger partial charge < -0.3 is 14.4 Å². The normalized spacial score (nSPS) is 16.0. The van der Waals surface area contributed by atoms with E-state index in [1.165, 1.54) is 34.6 Å². The molecule has 1 aromatic heterocycles. The second kappa shape index (κ2) is 6.42. The summed E-state index contributed by atoms with van der Waals surface area (Å²) in [5.74, 6) is 0. The van der Waals surface area contributed by atoms with Gasteiger partial charge in [-0.1, -0.05) is 37.8 Å². The number of nitrogens with zero attached hydrogens (tertiary/aromatic N) is 1. The fraction of sp³-hybridized carbons (Fsp3) is 0.579. The van der Waals surface area contributed by atoms with Gasteiger partial charge in [0.15, 0.2) is 0 Å². The summed E-state index contributed by atoms with van der Waals surface area (Å²) in [6, 6.07) is 7.50. The summed E-state index contributed by atoms with van der Waals surface area (Å²) in [5, 5.41) is 11.5. The Morgan fingerprint density at radius 2 is 2.04 bits per heavy atom. The molecule has 1 N–H and O–H groups in total. The van der Waals surface area contributed by atoms with Gasteiger partial charge in [-0.3, -0.25) is 0 Å². The maximum absolute atomic E-state index is 10.2. The zero-order chi connectivity index (χ0) is 16.6. The van der Waals surface area contributed by atoms with Crippen LogP contribution in [0.25, 0.3) is 10.9 Å². The summed E-state index contributed by atoms with van der Waals surface area (Å²) in [5.41, 5.74) is 5.09. The number of ether oxygens (including phenoxy) is 1. The monoisotopic (exact) mass is 331 g/mol. The minimum absolute atomic E-state index is 0.450. The second-order valence-corrected chi connectivity index (χ2v) is 13.6. The Morgan fingerprint density at radius 1 is 1.26 bits per heavy atom. The van der Waals surface area contributed by atoms with Crippen molar-refractivity contribution in [3.8, 4) is 0 Å². The minimum Gasteiger partial charge on any atom is -0.389 e. The number of fused-ring (bicyclic) bond motifs is 3. The van der Waals surface area contributed by atoms with Crippen molar-refractivity contribution >= 4 is 19.0 Å². The molecule has 0 saturated heterocycles. The first-order valence-electron chi connectivity index (χ1n) is 8.77. The molecular weight excluding hydrogens is 302 g/mol. The predicted octanol–water partition coefficient (Wildman–Crippen LogP) is 4.50. The van der Waals surface area contributed by atoms with Crippen LogP contribution < -0.4 is 0 Å². The van der Waals surface area contributed by atoms with Gasteiger partial charge in [-0.25, -0.2) is 0 Å². The van der Waals surface area contributed by atoms with Crippen LogP contribution in [0, 0.1) is 0 Å². The highest BCUT2D eigenvalue weighted by Crippen LogP contribution is 2.36. The number of aliphatic hydroxyl groups excluding tert-OH is 1. The summed E-state index contributed by atoms with van der Waals surface area (Å²) < 4.78 is 8.36. The summed E-state index contributed by atoms with van der Waals surface area (Å²) in [7, 11) is -1.06. The third-order valence-electron chi connectivity index (χ3n) is 4.84. The van der Waals surface area contributed by atoms with E-state index < -0.39 is 14.2 Å². The number of aliphatic hydroxyl groups is 1. The lowest BCUT2D eigenvalue weighted by Gasteiger charge is -2.17. The minimum atomic E-state index is -1.06. The zero-order valence-electron chi connectivity index (χ0n) is 14.9. The van der Waals surface area contributed by atoms with Crippen molar-refractivity contribution in [3.05, 3.63) is 35.0 Å². The zero-order valence-corrected chi connectivity index (χ0v) is 15.9. The van der Waals surface area contributed by atoms with Crippen LogP contribution in [0.2, 0.25) is 25.7 Å². The van der Waals surface area contributed by atoms with Crippen LogP contribution >= 0.6 is 0 Å². The van der Waals surface area contributed by atoms with Crippen molar-refractivity contribution in [3.63, 3.8) is 0 Å². The molecule has 0 amide bonds. The van der Waals surface area contributed by atoms with Gasteiger partial charge in [0.05, 0.1) is 11.6 Å². The third kappa shape index (κ3) is 3.39. The molecule has 1 aliphatic rings. The van der Waals surface area contributed by atoms with Crippen LogP contribution in [0.5, 0.6) is 0 Å². The van der Waals surface area contributed by atoms with Gasteiger partial charge in [0.2, 0.25) is 0 Å². The Hall–Kier alpha value is -1.10. The maximum Gasteiger partial charge on any atom is 0.123 e. The molecule has 0 bridgehead atoms. The van der Waals surface area contributed by atoms with Crippen molar-refractivity contribution in [2.75, 3.05) is 6.61 Å². The lowest BCUT2D eigenvalue weighted by atomic mass is 10.0. The Balaban J connectivity index is 1.92. The predicted molar refractivity (Wildman–Crippen MR) is 98.7 cm³/mol. The van der Waals surface area contributed by atoms with E-state index in [1.807, 2.05) is 13.0 Å². The topological polar surface area (TPSA) is 34.4 Å². The fourth-order valence-corrected chi connectivity index (χ4v) is 4.33. The number of hydrogen-bond donors (Lipinski definition) is 1. The number of rotatable bonds is 6. The van der Waals surface area contributed by atoms with Gasteiger partial charge in [-0.05, 0) is 37.8 Å². The number of aromatic nitrogens is 1. The number of hydrogen-bond acceptors (Lipinski definition) is 2. The summed E-state index contributed by atoms with van der Waals surface area (Å²) in [6.45, 7) is 10.4. The van der Waals surface area contributed by atoms with Crippen molar-refractivity contribution in [1.29, 1.82) is 0 Å². The first-order chi connectivity index (χ1) is 10.9. The van der Waals surface area contributed by atoms with Crippen molar-refractivity contribution in [2.45, 2.75) is 64.7 Å². The van der Waals surface area contributed by atoms with E-state index in [4.69, 9.17) is 4.74 Å². The highest BCUT2D eigenvalue weighted by Gasteiger charge is 2.24. The number of aryl methyl sites for hydroxylation is 1. The Morgan fingerprint density at radius 3 is 2.74 bits per heavy atom. The van der Waals surface area contributed by atoms with Gasteiger partial charge in [0, 0.05) is 31.3 Å². The Bertz CT molecular complexity index is 697. The van der Waals surface area contributed by atoms with Gasteiger partial charge in [-0.2, -0.15) is 0 Å². The molecule has 23 heavy (non-hydrogen) atoms. The van der Waals surface area contributed by atoms with Crippen LogP contribution in [0.1, 0.15) is 36.3 Å². The molecule has 3 nitrogen and oxygen atoms in total. The van der Waals surface area contributed by atoms with Gasteiger partial charge in [0.25, 0.3) is 0 Å². The van der Waals surface area contributed by atoms with Crippen molar-refractivity contribution in [2.24, 2.45) is 0 Å². The van der Waals surface area contributed by atoms with Crippen LogP contribution in [0.4, 0.5) is 0 Å². The van der Waals surface area contributed by atoms with E-state index in [1.54, 1.807) is 0 Å². The molecule has 0 radical (unpaired) electrons. The lowest BCUT2D eigenvalue weighted by Crippen LogP contribution is -2.22. The highest BCUT2D eigenvalue weighted by molar-refractivity contribution is 6.76. The number of para-hydroxylation sites is 1. The van der Waals surface area contributed by atoms with E-state index in [0.717, 1.165) is 25.0 Å². The van der Waals surface area contributed by atoms with Gasteiger partial charge in [0.1, 0.15) is 6.73 Å². The molecule has 4 heteroatoms. The molecule has 1 atom stereocenters. The lowest BCUT2D eigenvalue weighted by molar-refractivity contribution is 0.0882. The first-order valence-corrected chi connectivity index (χ1v) is 12.5. The molecule has 126 valence electrons. The van der Waals surface area contributed by atoms with Crippen molar-refractivity contribution < 1.29 is 9.84 Å². The van der Waals surface area contributed by atoms with Crippen LogP contribution in [-0.4, -0.2) is 24.4 Å². The SMILES string of the molecule is CC(O)c1cccc2c3c(n(COCC[Si](C)(C)C)c12)CCC3. The van der Waals surface area contributed by atoms with E-state index in [9.17, 15) is 5.11 Å². The average molecular weight is 332 g/mol. The second-order valence-electron chi connectivity index (χ2n) is 7.97. The molecule has 0 spiro atoms. The Kier molecular flexibility index (Phi) is 4.67. The summed E-state index contributed by atoms with van der Waals surface area (Å²) in [4.78, 5) is 0. The molecule has 1 unspecified atom stereocenters. The largest absolute Gasteiger partial charge is 0.389 e. The van der Waals surface area contributed by atoms with Crippen LogP contribution in [0.3, 0.4) is 0 Å². The van der Waals surface area contributed by atoms with E-state index >= 15 is 0 Å². The molecular formula is C19H29NO2Si. The maximum atomic E-state index is 10.2. The molecule has 1 heterocycles. The molecule has 3 rings (SSSR count). The summed E-state index contributed by atoms with van der Waals surface area (Å²) in [6.07, 6.45) is 3.06. The van der Waals surface area contributed by atoms with E-state index in [-0.39, 0.29) is 0 Å². The fourth-order valence-electron chi connectivity index (χ4n) is 3.57. The first kappa shape index (κ1) is 16.7. The summed E-state index contributed by atoms with van der Waals surface area (Å²) >= 11 is 0. The Labute approximate surface area is 140 Å². The molecule has 0 aliphatic heterocycles. The standard InChI is InChI=1S/C19H29NO2Si/c1-14(21)15-7-5-9-17-16-8-6-10-18(16)20(19(15)17)13-22-11-12-23(2,3)4/h5,7,9,14,21H,6,8,10-13H2,1-4H3. The van der Waals surface area contributed by atoms with Crippen LogP contribution in [-0.2, 0) is 24.3 Å². The molecule has 1 aliphatic carbocycles.